The van der Waals surface area contributed by atoms with Crippen molar-refractivity contribution in [1.29, 1.82) is 0 Å². The van der Waals surface area contributed by atoms with Crippen LogP contribution in [-0.4, -0.2) is 11.3 Å². The molecule has 1 heterocycles. The van der Waals surface area contributed by atoms with Crippen LogP contribution in [0, 0.1) is 3.57 Å². The quantitative estimate of drug-likeness (QED) is 0.377. The molecule has 0 unspecified atom stereocenters. The molecule has 0 N–H and O–H groups in total. The molecule has 1 rings (SSSR count). The molecule has 0 amide bonds. The number of rotatable bonds is 2. The van der Waals surface area contributed by atoms with E-state index in [2.05, 4.69) is 25.7 Å². The molecule has 10 heteroatoms. The molecule has 0 aliphatic rings. The Bertz CT molecular complexity index is 446. The van der Waals surface area contributed by atoms with E-state index in [9.17, 15) is 26.3 Å². The second-order valence-electron chi connectivity index (χ2n) is 2.94. The number of nitrogens with zero attached hydrogens (tertiary/aromatic N) is 1. The summed E-state index contributed by atoms with van der Waals surface area (Å²) >= 11 is 4.24. The Balaban J connectivity index is 3.41. The highest BCUT2D eigenvalue weighted by Crippen LogP contribution is 2.41. The lowest BCUT2D eigenvalue weighted by Gasteiger charge is -2.17. The van der Waals surface area contributed by atoms with Gasteiger partial charge in [0.25, 0.3) is 0 Å². The standard InChI is InChI=1S/C8H3BrF6INO/c9-1-4-5(16)6(18-8(13,14)15)3(2-17-4)7(10,11)12/h2H,1H2. The van der Waals surface area contributed by atoms with Crippen molar-refractivity contribution in [2.24, 2.45) is 0 Å². The van der Waals surface area contributed by atoms with E-state index in [-0.39, 0.29) is 14.6 Å². The summed E-state index contributed by atoms with van der Waals surface area (Å²) in [4.78, 5) is 3.43. The van der Waals surface area contributed by atoms with E-state index in [1.54, 1.807) is 0 Å². The topological polar surface area (TPSA) is 22.1 Å². The molecule has 0 saturated carbocycles. The molecule has 0 spiro atoms. The van der Waals surface area contributed by atoms with Gasteiger partial charge in [0.05, 0.1) is 9.26 Å². The van der Waals surface area contributed by atoms with Gasteiger partial charge in [-0.25, -0.2) is 0 Å². The monoisotopic (exact) mass is 449 g/mol. The fourth-order valence-electron chi connectivity index (χ4n) is 1.02. The third-order valence-electron chi connectivity index (χ3n) is 1.70. The van der Waals surface area contributed by atoms with E-state index >= 15 is 0 Å². The van der Waals surface area contributed by atoms with Gasteiger partial charge in [0, 0.05) is 11.5 Å². The van der Waals surface area contributed by atoms with Crippen molar-refractivity contribution < 1.29 is 31.1 Å². The van der Waals surface area contributed by atoms with E-state index in [1.807, 2.05) is 0 Å². The second-order valence-corrected chi connectivity index (χ2v) is 4.58. The SMILES string of the molecule is FC(F)(F)Oc1c(C(F)(F)F)cnc(CBr)c1I. The molecular formula is C8H3BrF6INO. The summed E-state index contributed by atoms with van der Waals surface area (Å²) in [5, 5.41) is 0.0115. The van der Waals surface area contributed by atoms with Crippen LogP contribution < -0.4 is 4.74 Å². The zero-order valence-electron chi connectivity index (χ0n) is 8.16. The Hall–Kier alpha value is -0.260. The first kappa shape index (κ1) is 15.8. The van der Waals surface area contributed by atoms with E-state index in [4.69, 9.17) is 0 Å². The van der Waals surface area contributed by atoms with Crippen LogP contribution >= 0.6 is 38.5 Å². The molecule has 0 aliphatic heterocycles. The lowest BCUT2D eigenvalue weighted by atomic mass is 10.2. The van der Waals surface area contributed by atoms with Crippen LogP contribution in [0.5, 0.6) is 5.75 Å². The maximum atomic E-state index is 12.5. The number of hydrogen-bond donors (Lipinski definition) is 0. The average Bonchev–Trinajstić information content (AvgIpc) is 2.17. The minimum absolute atomic E-state index is 0.0115. The first-order chi connectivity index (χ1) is 8.06. The van der Waals surface area contributed by atoms with E-state index in [0.29, 0.717) is 6.20 Å². The van der Waals surface area contributed by atoms with Crippen molar-refractivity contribution in [1.82, 2.24) is 4.98 Å². The summed E-state index contributed by atoms with van der Waals surface area (Å²) < 4.78 is 77.0. The van der Waals surface area contributed by atoms with Crippen LogP contribution in [0.3, 0.4) is 0 Å². The van der Waals surface area contributed by atoms with Gasteiger partial charge in [0.2, 0.25) is 0 Å². The van der Waals surface area contributed by atoms with E-state index < -0.39 is 23.9 Å². The highest BCUT2D eigenvalue weighted by atomic mass is 127. The number of halogens is 8. The van der Waals surface area contributed by atoms with Gasteiger partial charge >= 0.3 is 12.5 Å². The third-order valence-corrected chi connectivity index (χ3v) is 3.34. The maximum absolute atomic E-state index is 12.5. The summed E-state index contributed by atoms with van der Waals surface area (Å²) in [5.74, 6) is -1.28. The second kappa shape index (κ2) is 5.39. The van der Waals surface area contributed by atoms with Crippen LogP contribution in [0.15, 0.2) is 6.20 Å². The van der Waals surface area contributed by atoms with Crippen molar-refractivity contribution in [3.05, 3.63) is 21.0 Å². The first-order valence-electron chi connectivity index (χ1n) is 4.12. The molecule has 0 atom stereocenters. The van der Waals surface area contributed by atoms with Crippen molar-refractivity contribution >= 4 is 38.5 Å². The summed E-state index contributed by atoms with van der Waals surface area (Å²) in [5.41, 5.74) is -1.53. The molecule has 102 valence electrons. The van der Waals surface area contributed by atoms with Crippen LogP contribution in [0.4, 0.5) is 26.3 Å². The van der Waals surface area contributed by atoms with Crippen LogP contribution in [0.2, 0.25) is 0 Å². The molecule has 0 bridgehead atoms. The Kier molecular flexibility index (Phi) is 4.73. The van der Waals surface area contributed by atoms with Crippen LogP contribution in [0.25, 0.3) is 0 Å². The van der Waals surface area contributed by atoms with Gasteiger partial charge in [0.15, 0.2) is 5.75 Å². The van der Waals surface area contributed by atoms with Crippen molar-refractivity contribution in [3.8, 4) is 5.75 Å². The molecule has 0 saturated heterocycles. The molecule has 1 aromatic heterocycles. The minimum atomic E-state index is -5.20. The average molecular weight is 450 g/mol. The summed E-state index contributed by atoms with van der Waals surface area (Å²) in [6, 6.07) is 0. The fraction of sp³-hybridized carbons (Fsp3) is 0.375. The number of pyridine rings is 1. The van der Waals surface area contributed by atoms with Gasteiger partial charge in [-0.05, 0) is 22.6 Å². The molecule has 2 nitrogen and oxygen atoms in total. The first-order valence-corrected chi connectivity index (χ1v) is 6.32. The maximum Gasteiger partial charge on any atom is 0.573 e. The Morgan fingerprint density at radius 1 is 1.22 bits per heavy atom. The number of hydrogen-bond acceptors (Lipinski definition) is 2. The fourth-order valence-corrected chi connectivity index (χ4v) is 2.70. The lowest BCUT2D eigenvalue weighted by molar-refractivity contribution is -0.276. The van der Waals surface area contributed by atoms with Gasteiger partial charge < -0.3 is 4.74 Å². The zero-order valence-corrected chi connectivity index (χ0v) is 11.9. The van der Waals surface area contributed by atoms with Crippen molar-refractivity contribution in [3.63, 3.8) is 0 Å². The molecule has 0 fully saturated rings. The van der Waals surface area contributed by atoms with Crippen molar-refractivity contribution in [2.45, 2.75) is 17.9 Å². The van der Waals surface area contributed by atoms with Crippen LogP contribution in [0.1, 0.15) is 11.3 Å². The Labute approximate surface area is 119 Å². The summed E-state index contributed by atoms with van der Waals surface area (Å²) in [6.45, 7) is 0. The Morgan fingerprint density at radius 2 is 1.78 bits per heavy atom. The largest absolute Gasteiger partial charge is 0.573 e. The summed E-state index contributed by atoms with van der Waals surface area (Å²) in [7, 11) is 0. The molecule has 18 heavy (non-hydrogen) atoms. The lowest BCUT2D eigenvalue weighted by Crippen LogP contribution is -2.22. The van der Waals surface area contributed by atoms with Crippen LogP contribution in [-0.2, 0) is 11.5 Å². The van der Waals surface area contributed by atoms with Gasteiger partial charge in [-0.2, -0.15) is 13.2 Å². The predicted molar refractivity (Wildman–Crippen MR) is 61.3 cm³/mol. The molecule has 0 aromatic carbocycles. The number of alkyl halides is 7. The van der Waals surface area contributed by atoms with Gasteiger partial charge in [-0.15, -0.1) is 13.2 Å². The molecule has 0 radical (unpaired) electrons. The zero-order chi connectivity index (χ0) is 14.1. The van der Waals surface area contributed by atoms with Gasteiger partial charge in [-0.1, -0.05) is 15.9 Å². The van der Waals surface area contributed by atoms with Crippen molar-refractivity contribution in [2.75, 3.05) is 0 Å². The number of ether oxygens (including phenoxy) is 1. The third kappa shape index (κ3) is 3.87. The predicted octanol–water partition coefficient (Wildman–Crippen LogP) is 4.50. The van der Waals surface area contributed by atoms with Gasteiger partial charge in [0.1, 0.15) is 5.56 Å². The summed E-state index contributed by atoms with van der Waals surface area (Å²) in [6.07, 6.45) is -9.86. The smallest absolute Gasteiger partial charge is 0.404 e. The molecule has 1 aromatic rings. The Morgan fingerprint density at radius 3 is 2.17 bits per heavy atom. The normalized spacial score (nSPS) is 12.7. The highest BCUT2D eigenvalue weighted by molar-refractivity contribution is 14.1. The molecule has 0 aliphatic carbocycles. The number of aromatic nitrogens is 1. The molecular weight excluding hydrogens is 447 g/mol. The van der Waals surface area contributed by atoms with E-state index in [1.165, 1.54) is 22.6 Å². The highest BCUT2D eigenvalue weighted by Gasteiger charge is 2.41. The van der Waals surface area contributed by atoms with E-state index in [0.717, 1.165) is 0 Å². The minimum Gasteiger partial charge on any atom is -0.404 e. The van der Waals surface area contributed by atoms with Gasteiger partial charge in [-0.3, -0.25) is 4.98 Å².